The Morgan fingerprint density at radius 2 is 1.59 bits per heavy atom. The Morgan fingerprint density at radius 3 is 2.14 bits per heavy atom. The summed E-state index contributed by atoms with van der Waals surface area (Å²) in [6.07, 6.45) is 1.15. The number of rotatable bonds is 4. The number of halogens is 2. The van der Waals surface area contributed by atoms with E-state index in [-0.39, 0.29) is 11.8 Å². The van der Waals surface area contributed by atoms with Gasteiger partial charge < -0.3 is 15.5 Å². The van der Waals surface area contributed by atoms with Crippen LogP contribution in [0.15, 0.2) is 18.2 Å². The molecule has 1 aliphatic heterocycles. The summed E-state index contributed by atoms with van der Waals surface area (Å²) in [6.45, 7) is 2.52. The number of amides is 2. The molecule has 2 N–H and O–H groups in total. The summed E-state index contributed by atoms with van der Waals surface area (Å²) in [6, 6.07) is 5.00. The van der Waals surface area contributed by atoms with E-state index in [1.165, 1.54) is 0 Å². The molecule has 7 heteroatoms. The maximum absolute atomic E-state index is 12.5. The van der Waals surface area contributed by atoms with E-state index in [1.807, 2.05) is 0 Å². The lowest BCUT2D eigenvalue weighted by Gasteiger charge is -2.35. The lowest BCUT2D eigenvalue weighted by Crippen LogP contribution is -2.50. The van der Waals surface area contributed by atoms with Gasteiger partial charge in [0.2, 0.25) is 5.91 Å². The summed E-state index contributed by atoms with van der Waals surface area (Å²) >= 11 is 12.1. The van der Waals surface area contributed by atoms with Crippen molar-refractivity contribution in [2.45, 2.75) is 12.8 Å². The van der Waals surface area contributed by atoms with Gasteiger partial charge in [-0.1, -0.05) is 29.3 Å². The van der Waals surface area contributed by atoms with Crippen molar-refractivity contribution in [1.82, 2.24) is 9.80 Å². The molecule has 0 bridgehead atoms. The molecule has 0 saturated carbocycles. The zero-order chi connectivity index (χ0) is 16.1. The predicted octanol–water partition coefficient (Wildman–Crippen LogP) is 2.02. The Bertz CT molecular complexity index is 537. The summed E-state index contributed by atoms with van der Waals surface area (Å²) < 4.78 is 0. The molecule has 0 atom stereocenters. The summed E-state index contributed by atoms with van der Waals surface area (Å²) in [7, 11) is 0. The second-order valence-electron chi connectivity index (χ2n) is 5.16. The van der Waals surface area contributed by atoms with E-state index in [0.29, 0.717) is 61.2 Å². The van der Waals surface area contributed by atoms with Crippen LogP contribution in [0, 0.1) is 0 Å². The molecule has 5 nitrogen and oxygen atoms in total. The molecule has 2 amide bonds. The van der Waals surface area contributed by atoms with Crippen LogP contribution in [0.25, 0.3) is 0 Å². The van der Waals surface area contributed by atoms with Crippen molar-refractivity contribution in [2.24, 2.45) is 5.73 Å². The van der Waals surface area contributed by atoms with Gasteiger partial charge >= 0.3 is 0 Å². The molecule has 0 unspecified atom stereocenters. The lowest BCUT2D eigenvalue weighted by molar-refractivity contribution is -0.132. The molecule has 0 aliphatic carbocycles. The van der Waals surface area contributed by atoms with Crippen LogP contribution >= 0.6 is 23.2 Å². The lowest BCUT2D eigenvalue weighted by atomic mass is 10.1. The largest absolute Gasteiger partial charge is 0.339 e. The molecule has 120 valence electrons. The van der Waals surface area contributed by atoms with Crippen molar-refractivity contribution in [1.29, 1.82) is 0 Å². The second kappa shape index (κ2) is 7.81. The average Bonchev–Trinajstić information content (AvgIpc) is 2.52. The summed E-state index contributed by atoms with van der Waals surface area (Å²) in [5, 5.41) is 0.693. The van der Waals surface area contributed by atoms with E-state index >= 15 is 0 Å². The Morgan fingerprint density at radius 1 is 1.05 bits per heavy atom. The predicted molar refractivity (Wildman–Crippen MR) is 87.2 cm³/mol. The minimum Gasteiger partial charge on any atom is -0.339 e. The van der Waals surface area contributed by atoms with Crippen molar-refractivity contribution in [3.8, 4) is 0 Å². The van der Waals surface area contributed by atoms with E-state index in [2.05, 4.69) is 0 Å². The molecule has 1 saturated heterocycles. The first-order chi connectivity index (χ1) is 10.5. The molecule has 1 heterocycles. The zero-order valence-electron chi connectivity index (χ0n) is 12.2. The fraction of sp³-hybridized carbons (Fsp3) is 0.467. The first kappa shape index (κ1) is 17.1. The molecule has 1 aliphatic rings. The van der Waals surface area contributed by atoms with Crippen LogP contribution in [-0.4, -0.2) is 54.3 Å². The summed E-state index contributed by atoms with van der Waals surface area (Å²) in [4.78, 5) is 27.9. The molecular weight excluding hydrogens is 325 g/mol. The van der Waals surface area contributed by atoms with Gasteiger partial charge in [-0.15, -0.1) is 0 Å². The molecule has 1 aromatic carbocycles. The monoisotopic (exact) mass is 343 g/mol. The van der Waals surface area contributed by atoms with E-state index in [9.17, 15) is 9.59 Å². The van der Waals surface area contributed by atoms with E-state index < -0.39 is 0 Å². The number of carbonyl (C=O) groups is 2. The smallest absolute Gasteiger partial charge is 0.257 e. The van der Waals surface area contributed by atoms with Gasteiger partial charge in [-0.3, -0.25) is 9.59 Å². The maximum Gasteiger partial charge on any atom is 0.257 e. The quantitative estimate of drug-likeness (QED) is 0.909. The third-order valence-corrected chi connectivity index (χ3v) is 4.32. The van der Waals surface area contributed by atoms with Crippen molar-refractivity contribution in [3.05, 3.63) is 33.8 Å². The molecule has 0 radical (unpaired) electrons. The third-order valence-electron chi connectivity index (χ3n) is 3.69. The molecule has 0 spiro atoms. The number of hydrogen-bond donors (Lipinski definition) is 1. The Kier molecular flexibility index (Phi) is 6.06. The molecule has 2 rings (SSSR count). The molecule has 1 aromatic rings. The van der Waals surface area contributed by atoms with Crippen LogP contribution in [0.4, 0.5) is 0 Å². The van der Waals surface area contributed by atoms with Crippen LogP contribution in [-0.2, 0) is 4.79 Å². The number of nitrogens with zero attached hydrogens (tertiary/aromatic N) is 2. The van der Waals surface area contributed by atoms with Gasteiger partial charge in [-0.2, -0.15) is 0 Å². The molecule has 0 aromatic heterocycles. The average molecular weight is 344 g/mol. The highest BCUT2D eigenvalue weighted by molar-refractivity contribution is 6.39. The van der Waals surface area contributed by atoms with Gasteiger partial charge in [0.1, 0.15) is 0 Å². The van der Waals surface area contributed by atoms with Crippen molar-refractivity contribution in [3.63, 3.8) is 0 Å². The van der Waals surface area contributed by atoms with Crippen LogP contribution in [0.3, 0.4) is 0 Å². The minimum absolute atomic E-state index is 0.0910. The normalized spacial score (nSPS) is 15.0. The van der Waals surface area contributed by atoms with Crippen molar-refractivity contribution in [2.75, 3.05) is 32.7 Å². The van der Waals surface area contributed by atoms with E-state index in [1.54, 1.807) is 28.0 Å². The van der Waals surface area contributed by atoms with Crippen LogP contribution in [0.5, 0.6) is 0 Å². The molecule has 22 heavy (non-hydrogen) atoms. The van der Waals surface area contributed by atoms with Gasteiger partial charge in [0.05, 0.1) is 15.6 Å². The van der Waals surface area contributed by atoms with Gasteiger partial charge in [0.15, 0.2) is 0 Å². The number of carbonyl (C=O) groups excluding carboxylic acids is 2. The van der Waals surface area contributed by atoms with Crippen LogP contribution in [0.2, 0.25) is 10.0 Å². The van der Waals surface area contributed by atoms with Crippen molar-refractivity contribution >= 4 is 35.0 Å². The third kappa shape index (κ3) is 3.91. The number of piperazine rings is 1. The summed E-state index contributed by atoms with van der Waals surface area (Å²) in [5.74, 6) is -0.0991. The highest BCUT2D eigenvalue weighted by Gasteiger charge is 2.26. The Balaban J connectivity index is 1.97. The Labute approximate surface area is 139 Å². The Hall–Kier alpha value is -1.30. The van der Waals surface area contributed by atoms with Gasteiger partial charge in [-0.05, 0) is 25.1 Å². The molecule has 1 fully saturated rings. The SMILES string of the molecule is NCCCC(=O)N1CCN(C(=O)c2c(Cl)cccc2Cl)CC1. The maximum atomic E-state index is 12.5. The summed E-state index contributed by atoms with van der Waals surface area (Å²) in [5.41, 5.74) is 5.74. The van der Waals surface area contributed by atoms with Gasteiger partial charge in [0, 0.05) is 32.6 Å². The first-order valence-corrected chi connectivity index (χ1v) is 8.01. The zero-order valence-corrected chi connectivity index (χ0v) is 13.7. The van der Waals surface area contributed by atoms with E-state index in [4.69, 9.17) is 28.9 Å². The second-order valence-corrected chi connectivity index (χ2v) is 5.98. The fourth-order valence-electron chi connectivity index (χ4n) is 2.43. The van der Waals surface area contributed by atoms with Crippen LogP contribution in [0.1, 0.15) is 23.2 Å². The number of benzene rings is 1. The number of nitrogens with two attached hydrogens (primary N) is 1. The van der Waals surface area contributed by atoms with Crippen LogP contribution < -0.4 is 5.73 Å². The highest BCUT2D eigenvalue weighted by atomic mass is 35.5. The van der Waals surface area contributed by atoms with Crippen molar-refractivity contribution < 1.29 is 9.59 Å². The first-order valence-electron chi connectivity index (χ1n) is 7.25. The minimum atomic E-state index is -0.190. The standard InChI is InChI=1S/C15H19Cl2N3O2/c16-11-3-1-4-12(17)14(11)15(22)20-9-7-19(8-10-20)13(21)5-2-6-18/h1,3-4H,2,5-10,18H2. The topological polar surface area (TPSA) is 66.6 Å². The fourth-order valence-corrected chi connectivity index (χ4v) is 2.99. The van der Waals surface area contributed by atoms with Gasteiger partial charge in [-0.25, -0.2) is 0 Å². The highest BCUT2D eigenvalue weighted by Crippen LogP contribution is 2.26. The number of hydrogen-bond acceptors (Lipinski definition) is 3. The molecular formula is C15H19Cl2N3O2. The van der Waals surface area contributed by atoms with Gasteiger partial charge in [0.25, 0.3) is 5.91 Å². The van der Waals surface area contributed by atoms with E-state index in [0.717, 1.165) is 0 Å².